The van der Waals surface area contributed by atoms with Crippen molar-refractivity contribution in [2.75, 3.05) is 5.75 Å². The summed E-state index contributed by atoms with van der Waals surface area (Å²) in [5.41, 5.74) is 3.00. The van der Waals surface area contributed by atoms with Crippen LogP contribution in [-0.4, -0.2) is 33.5 Å². The van der Waals surface area contributed by atoms with E-state index in [9.17, 15) is 14.4 Å². The fraction of sp³-hybridized carbons (Fsp3) is 0.0811. The first-order chi connectivity index (χ1) is 22.4. The van der Waals surface area contributed by atoms with E-state index >= 15 is 0 Å². The van der Waals surface area contributed by atoms with E-state index in [1.807, 2.05) is 84.9 Å². The van der Waals surface area contributed by atoms with Crippen molar-refractivity contribution in [3.05, 3.63) is 161 Å². The Balaban J connectivity index is 1.40. The highest BCUT2D eigenvalue weighted by Crippen LogP contribution is 2.29. The quantitative estimate of drug-likeness (QED) is 0.103. The Morgan fingerprint density at radius 1 is 1.00 bits per heavy atom. The molecule has 0 unspecified atom stereocenters. The van der Waals surface area contributed by atoms with Crippen molar-refractivity contribution in [3.8, 4) is 11.3 Å². The van der Waals surface area contributed by atoms with Crippen LogP contribution >= 0.6 is 27.7 Å². The van der Waals surface area contributed by atoms with Gasteiger partial charge in [-0.3, -0.25) is 19.3 Å². The number of hydrogen-bond donors (Lipinski definition) is 1. The fourth-order valence-corrected chi connectivity index (χ4v) is 5.97. The summed E-state index contributed by atoms with van der Waals surface area (Å²) in [4.78, 5) is 46.1. The summed E-state index contributed by atoms with van der Waals surface area (Å²) < 4.78 is 6.85. The number of halogens is 1. The molecule has 0 spiro atoms. The molecule has 0 atom stereocenters. The number of carbonyl (C=O) groups is 3. The average molecular weight is 693 g/mol. The normalized spacial score (nSPS) is 14.7. The van der Waals surface area contributed by atoms with E-state index < -0.39 is 11.8 Å². The highest BCUT2D eigenvalue weighted by Gasteiger charge is 2.35. The first kappa shape index (κ1) is 32.4. The topological polar surface area (TPSA) is 92.0 Å². The van der Waals surface area contributed by atoms with Crippen molar-refractivity contribution in [1.82, 2.24) is 10.2 Å². The molecule has 46 heavy (non-hydrogen) atoms. The Bertz CT molecular complexity index is 1840. The molecular weight excluding hydrogens is 662 g/mol. The van der Waals surface area contributed by atoms with Crippen molar-refractivity contribution >= 4 is 56.7 Å². The lowest BCUT2D eigenvalue weighted by Gasteiger charge is -2.28. The number of carbonyl (C=O) groups excluding carboxylic acids is 3. The van der Waals surface area contributed by atoms with Gasteiger partial charge in [0.1, 0.15) is 17.1 Å². The summed E-state index contributed by atoms with van der Waals surface area (Å²) in [5.74, 6) is -0.768. The van der Waals surface area contributed by atoms with Gasteiger partial charge in [-0.25, -0.2) is 0 Å². The van der Waals surface area contributed by atoms with Gasteiger partial charge in [0.2, 0.25) is 5.91 Å². The number of allylic oxidation sites excluding steroid dienone is 4. The van der Waals surface area contributed by atoms with E-state index in [1.165, 1.54) is 11.0 Å². The zero-order valence-electron chi connectivity index (χ0n) is 24.9. The van der Waals surface area contributed by atoms with Gasteiger partial charge in [0, 0.05) is 15.7 Å². The largest absolute Gasteiger partial charge is 0.457 e. The lowest BCUT2D eigenvalue weighted by molar-refractivity contribution is -0.126. The molecule has 9 heteroatoms. The molecule has 7 nitrogen and oxygen atoms in total. The molecule has 3 aromatic carbocycles. The second kappa shape index (κ2) is 15.3. The van der Waals surface area contributed by atoms with Crippen LogP contribution in [0.5, 0.6) is 0 Å². The van der Waals surface area contributed by atoms with E-state index in [1.54, 1.807) is 43.4 Å². The van der Waals surface area contributed by atoms with E-state index in [0.29, 0.717) is 17.2 Å². The van der Waals surface area contributed by atoms with Crippen LogP contribution < -0.4 is 5.32 Å². The molecule has 230 valence electrons. The summed E-state index contributed by atoms with van der Waals surface area (Å²) in [6.07, 6.45) is 8.06. The molecule has 0 saturated carbocycles. The van der Waals surface area contributed by atoms with Crippen LogP contribution in [0.25, 0.3) is 17.4 Å². The number of hydrogen-bond acceptors (Lipinski definition) is 5. The van der Waals surface area contributed by atoms with E-state index in [-0.39, 0.29) is 28.4 Å². The highest BCUT2D eigenvalue weighted by molar-refractivity contribution is 9.10. The van der Waals surface area contributed by atoms with Crippen molar-refractivity contribution in [1.29, 1.82) is 0 Å². The Morgan fingerprint density at radius 2 is 1.70 bits per heavy atom. The van der Waals surface area contributed by atoms with Gasteiger partial charge in [0.05, 0.1) is 11.8 Å². The summed E-state index contributed by atoms with van der Waals surface area (Å²) >= 11 is 4.47. The third-order valence-corrected chi connectivity index (χ3v) is 8.37. The van der Waals surface area contributed by atoms with Gasteiger partial charge in [-0.15, -0.1) is 0 Å². The minimum absolute atomic E-state index is 0.0819. The molecular formula is C37H30BrN3O4S. The monoisotopic (exact) mass is 691 g/mol. The van der Waals surface area contributed by atoms with Gasteiger partial charge in [-0.2, -0.15) is 4.99 Å². The molecule has 4 aromatic rings. The third-order valence-electron chi connectivity index (χ3n) is 6.94. The number of rotatable bonds is 10. The van der Waals surface area contributed by atoms with Crippen LogP contribution in [0.1, 0.15) is 29.9 Å². The van der Waals surface area contributed by atoms with Crippen molar-refractivity contribution in [2.24, 2.45) is 4.99 Å². The lowest BCUT2D eigenvalue weighted by Crippen LogP contribution is -2.42. The van der Waals surface area contributed by atoms with Crippen LogP contribution in [0.3, 0.4) is 0 Å². The summed E-state index contributed by atoms with van der Waals surface area (Å²) in [7, 11) is 0. The minimum Gasteiger partial charge on any atom is -0.457 e. The smallest absolute Gasteiger partial charge is 0.285 e. The maximum atomic E-state index is 13.9. The maximum Gasteiger partial charge on any atom is 0.285 e. The first-order valence-electron chi connectivity index (χ1n) is 14.4. The zero-order valence-corrected chi connectivity index (χ0v) is 27.3. The minimum atomic E-state index is -0.723. The molecule has 1 aliphatic heterocycles. The SMILES string of the molecule is C=C/C=C\C(=C/C)N1C(=O)/C(=C/c2ccc(-c3cccc(Br)c3)o2)C(=O)N=C1SCC(=O)NC(c1ccccc1)c1ccccc1. The predicted octanol–water partition coefficient (Wildman–Crippen LogP) is 8.10. The van der Waals surface area contributed by atoms with E-state index in [0.717, 1.165) is 32.9 Å². The van der Waals surface area contributed by atoms with Crippen LogP contribution in [0.4, 0.5) is 0 Å². The molecule has 0 bridgehead atoms. The molecule has 0 fully saturated rings. The van der Waals surface area contributed by atoms with Gasteiger partial charge in [0.15, 0.2) is 5.17 Å². The summed E-state index contributed by atoms with van der Waals surface area (Å²) in [6.45, 7) is 5.49. The number of furan rings is 1. The van der Waals surface area contributed by atoms with Crippen LogP contribution in [0.2, 0.25) is 0 Å². The van der Waals surface area contributed by atoms with Crippen molar-refractivity contribution in [3.63, 3.8) is 0 Å². The first-order valence-corrected chi connectivity index (χ1v) is 16.2. The highest BCUT2D eigenvalue weighted by atomic mass is 79.9. The lowest BCUT2D eigenvalue weighted by atomic mass is 9.99. The van der Waals surface area contributed by atoms with Gasteiger partial charge in [-0.1, -0.05) is 125 Å². The molecule has 3 amide bonds. The number of nitrogens with one attached hydrogen (secondary N) is 1. The molecule has 1 N–H and O–H groups in total. The van der Waals surface area contributed by atoms with Gasteiger partial charge in [0.25, 0.3) is 11.8 Å². The number of thioether (sulfide) groups is 1. The fourth-order valence-electron chi connectivity index (χ4n) is 4.76. The number of nitrogens with zero attached hydrogens (tertiary/aromatic N) is 2. The van der Waals surface area contributed by atoms with Crippen LogP contribution in [0, 0.1) is 0 Å². The van der Waals surface area contributed by atoms with Crippen LogP contribution in [-0.2, 0) is 14.4 Å². The Morgan fingerprint density at radius 3 is 2.33 bits per heavy atom. The number of amidine groups is 1. The van der Waals surface area contributed by atoms with E-state index in [4.69, 9.17) is 4.42 Å². The van der Waals surface area contributed by atoms with Gasteiger partial charge in [-0.05, 0) is 54.5 Å². The third kappa shape index (κ3) is 7.80. The summed E-state index contributed by atoms with van der Waals surface area (Å²) in [6, 6.07) is 30.0. The standard InChI is InChI=1S/C37H30BrN3O4S/c1-3-5-19-29(4-2)41-36(44)31(23-30-20-21-32(45-30)27-17-12-18-28(38)22-27)35(43)40-37(41)46-24-33(42)39-34(25-13-8-6-9-14-25)26-15-10-7-11-16-26/h3-23,34H,1,24H2,2H3,(H,39,42)/b19-5-,29-4+,31-23+. The Labute approximate surface area is 280 Å². The molecule has 1 aromatic heterocycles. The molecule has 0 aliphatic carbocycles. The Hall–Kier alpha value is -4.99. The predicted molar refractivity (Wildman–Crippen MR) is 188 cm³/mol. The maximum absolute atomic E-state index is 13.9. The summed E-state index contributed by atoms with van der Waals surface area (Å²) in [5, 5.41) is 3.18. The molecule has 0 saturated heterocycles. The zero-order chi connectivity index (χ0) is 32.5. The molecule has 2 heterocycles. The molecule has 5 rings (SSSR count). The average Bonchev–Trinajstić information content (AvgIpc) is 3.55. The van der Waals surface area contributed by atoms with Crippen LogP contribution in [0.15, 0.2) is 153 Å². The molecule has 0 radical (unpaired) electrons. The molecule has 1 aliphatic rings. The van der Waals surface area contributed by atoms with Gasteiger partial charge < -0.3 is 9.73 Å². The second-order valence-electron chi connectivity index (χ2n) is 10.0. The van der Waals surface area contributed by atoms with Gasteiger partial charge >= 0.3 is 0 Å². The number of benzene rings is 3. The Kier molecular flexibility index (Phi) is 10.8. The van der Waals surface area contributed by atoms with Crippen molar-refractivity contribution in [2.45, 2.75) is 13.0 Å². The number of aliphatic imine (C=N–C) groups is 1. The van der Waals surface area contributed by atoms with Crippen molar-refractivity contribution < 1.29 is 18.8 Å². The van der Waals surface area contributed by atoms with E-state index in [2.05, 4.69) is 32.8 Å². The second-order valence-corrected chi connectivity index (χ2v) is 11.9. The number of amides is 3.